The fourth-order valence-electron chi connectivity index (χ4n) is 4.45. The molecule has 0 unspecified atom stereocenters. The van der Waals surface area contributed by atoms with Crippen molar-refractivity contribution in [3.8, 4) is 0 Å². The number of carbonyl (C=O) groups excluding carboxylic acids is 2. The lowest BCUT2D eigenvalue weighted by molar-refractivity contribution is -0.136. The number of nitrogens with zero attached hydrogens (tertiary/aromatic N) is 1. The number of amides is 1. The molecule has 0 bridgehead atoms. The van der Waals surface area contributed by atoms with E-state index in [1.54, 1.807) is 17.0 Å². The Kier molecular flexibility index (Phi) is 5.82. The van der Waals surface area contributed by atoms with E-state index in [0.29, 0.717) is 23.4 Å². The van der Waals surface area contributed by atoms with Crippen molar-refractivity contribution in [1.29, 1.82) is 0 Å². The van der Waals surface area contributed by atoms with E-state index < -0.39 is 11.5 Å². The average Bonchev–Trinajstić information content (AvgIpc) is 2.92. The summed E-state index contributed by atoms with van der Waals surface area (Å²) in [7, 11) is 0. The second-order valence-electron chi connectivity index (χ2n) is 8.76. The monoisotopic (exact) mass is 491 g/mol. The van der Waals surface area contributed by atoms with Gasteiger partial charge in [0.25, 0.3) is 5.91 Å². The Hall–Kier alpha value is -2.76. The quantitative estimate of drug-likeness (QED) is 0.466. The SMILES string of the molecule is Cc1ccc(C(=O)C[C@]2(O)C(=O)N(Cc3cc(C)ccc3C)c3ccc(Br)cc32)c(C)c1. The van der Waals surface area contributed by atoms with Gasteiger partial charge in [-0.15, -0.1) is 0 Å². The number of ketones is 1. The first kappa shape index (κ1) is 22.4. The standard InChI is InChI=1S/C27H26BrNO3/c1-16-6-9-22(19(4)11-16)25(30)14-27(32)23-13-21(28)8-10-24(23)29(26(27)31)15-20-12-17(2)5-7-18(20)3/h5-13,32H,14-15H2,1-4H3/t27-/m1/s1. The number of halogens is 1. The summed E-state index contributed by atoms with van der Waals surface area (Å²) in [4.78, 5) is 28.4. The van der Waals surface area contributed by atoms with Gasteiger partial charge in [-0.25, -0.2) is 0 Å². The maximum absolute atomic E-state index is 13.6. The van der Waals surface area contributed by atoms with Crippen molar-refractivity contribution in [2.75, 3.05) is 4.90 Å². The highest BCUT2D eigenvalue weighted by molar-refractivity contribution is 9.10. The third-order valence-electron chi connectivity index (χ3n) is 6.23. The van der Waals surface area contributed by atoms with Crippen molar-refractivity contribution in [3.63, 3.8) is 0 Å². The van der Waals surface area contributed by atoms with E-state index in [0.717, 1.165) is 32.3 Å². The number of benzene rings is 3. The Morgan fingerprint density at radius 2 is 1.62 bits per heavy atom. The van der Waals surface area contributed by atoms with E-state index >= 15 is 0 Å². The molecule has 0 saturated heterocycles. The van der Waals surface area contributed by atoms with Crippen molar-refractivity contribution < 1.29 is 14.7 Å². The summed E-state index contributed by atoms with van der Waals surface area (Å²) in [6.45, 7) is 8.19. The minimum absolute atomic E-state index is 0.252. The summed E-state index contributed by atoms with van der Waals surface area (Å²) in [6, 6.07) is 17.1. The number of aryl methyl sites for hydroxylation is 4. The molecule has 164 valence electrons. The second-order valence-corrected chi connectivity index (χ2v) is 9.68. The summed E-state index contributed by atoms with van der Waals surface area (Å²) < 4.78 is 0.745. The van der Waals surface area contributed by atoms with E-state index in [1.807, 2.05) is 64.1 Å². The van der Waals surface area contributed by atoms with Gasteiger partial charge in [0.2, 0.25) is 0 Å². The minimum Gasteiger partial charge on any atom is -0.375 e. The van der Waals surface area contributed by atoms with Gasteiger partial charge in [0.15, 0.2) is 11.4 Å². The zero-order valence-corrected chi connectivity index (χ0v) is 20.3. The maximum atomic E-state index is 13.6. The molecule has 0 radical (unpaired) electrons. The zero-order chi connectivity index (χ0) is 23.2. The molecule has 5 heteroatoms. The average molecular weight is 492 g/mol. The van der Waals surface area contributed by atoms with Crippen LogP contribution in [0.1, 0.15) is 50.2 Å². The van der Waals surface area contributed by atoms with E-state index in [-0.39, 0.29) is 12.2 Å². The van der Waals surface area contributed by atoms with E-state index in [1.165, 1.54) is 0 Å². The molecule has 3 aromatic rings. The molecule has 0 saturated carbocycles. The van der Waals surface area contributed by atoms with E-state index in [4.69, 9.17) is 0 Å². The van der Waals surface area contributed by atoms with Gasteiger partial charge in [0.05, 0.1) is 18.7 Å². The fraction of sp³-hybridized carbons (Fsp3) is 0.259. The fourth-order valence-corrected chi connectivity index (χ4v) is 4.81. The van der Waals surface area contributed by atoms with E-state index in [2.05, 4.69) is 22.0 Å². The molecule has 1 N–H and O–H groups in total. The first-order valence-corrected chi connectivity index (χ1v) is 11.4. The highest BCUT2D eigenvalue weighted by atomic mass is 79.9. The van der Waals surface area contributed by atoms with Crippen LogP contribution >= 0.6 is 15.9 Å². The number of anilines is 1. The zero-order valence-electron chi connectivity index (χ0n) is 18.7. The van der Waals surface area contributed by atoms with Crippen molar-refractivity contribution in [2.24, 2.45) is 0 Å². The highest BCUT2D eigenvalue weighted by Crippen LogP contribution is 2.45. The topological polar surface area (TPSA) is 57.6 Å². The van der Waals surface area contributed by atoms with Gasteiger partial charge in [0.1, 0.15) is 0 Å². The lowest BCUT2D eigenvalue weighted by Gasteiger charge is -2.24. The van der Waals surface area contributed by atoms with Crippen LogP contribution in [0.15, 0.2) is 59.1 Å². The van der Waals surface area contributed by atoms with Gasteiger partial charge < -0.3 is 10.0 Å². The second kappa shape index (κ2) is 8.30. The first-order valence-electron chi connectivity index (χ1n) is 10.6. The summed E-state index contributed by atoms with van der Waals surface area (Å²) >= 11 is 3.45. The Balaban J connectivity index is 1.74. The number of aliphatic hydroxyl groups is 1. The van der Waals surface area contributed by atoms with Crippen LogP contribution < -0.4 is 4.90 Å². The van der Waals surface area contributed by atoms with Gasteiger partial charge in [0, 0.05) is 15.6 Å². The number of Topliss-reactive ketones (excluding diaryl/α,β-unsaturated/α-hetero) is 1. The van der Waals surface area contributed by atoms with Gasteiger partial charge in [-0.2, -0.15) is 0 Å². The van der Waals surface area contributed by atoms with Crippen LogP contribution in [0.5, 0.6) is 0 Å². The van der Waals surface area contributed by atoms with Gasteiger partial charge in [-0.3, -0.25) is 9.59 Å². The molecular weight excluding hydrogens is 466 g/mol. The molecule has 0 fully saturated rings. The largest absolute Gasteiger partial charge is 0.375 e. The Labute approximate surface area is 197 Å². The molecule has 1 aliphatic rings. The number of hydrogen-bond acceptors (Lipinski definition) is 3. The Morgan fingerprint density at radius 1 is 0.938 bits per heavy atom. The van der Waals surface area contributed by atoms with Crippen LogP contribution in [0.2, 0.25) is 0 Å². The van der Waals surface area contributed by atoms with Crippen LogP contribution in [0.4, 0.5) is 5.69 Å². The van der Waals surface area contributed by atoms with Gasteiger partial charge in [-0.1, -0.05) is 63.5 Å². The van der Waals surface area contributed by atoms with Crippen molar-refractivity contribution in [3.05, 3.63) is 98.0 Å². The number of hydrogen-bond donors (Lipinski definition) is 1. The predicted molar refractivity (Wildman–Crippen MR) is 130 cm³/mol. The van der Waals surface area contributed by atoms with Crippen LogP contribution in [-0.2, 0) is 16.9 Å². The summed E-state index contributed by atoms with van der Waals surface area (Å²) in [5, 5.41) is 11.7. The number of fused-ring (bicyclic) bond motifs is 1. The summed E-state index contributed by atoms with van der Waals surface area (Å²) in [5.41, 5.74) is 4.80. The number of carbonyl (C=O) groups is 2. The molecule has 1 aliphatic heterocycles. The van der Waals surface area contributed by atoms with Crippen molar-refractivity contribution in [1.82, 2.24) is 0 Å². The highest BCUT2D eigenvalue weighted by Gasteiger charge is 2.51. The smallest absolute Gasteiger partial charge is 0.264 e. The minimum atomic E-state index is -1.91. The van der Waals surface area contributed by atoms with Crippen LogP contribution in [0.25, 0.3) is 0 Å². The molecule has 3 aromatic carbocycles. The third kappa shape index (κ3) is 3.91. The molecular formula is C27H26BrNO3. The molecule has 32 heavy (non-hydrogen) atoms. The molecule has 0 aliphatic carbocycles. The van der Waals surface area contributed by atoms with Crippen molar-refractivity contribution >= 4 is 33.3 Å². The summed E-state index contributed by atoms with van der Waals surface area (Å²) in [5.74, 6) is -0.720. The van der Waals surface area contributed by atoms with E-state index in [9.17, 15) is 14.7 Å². The Morgan fingerprint density at radius 3 is 2.34 bits per heavy atom. The van der Waals surface area contributed by atoms with Gasteiger partial charge in [-0.05, 0) is 62.6 Å². The van der Waals surface area contributed by atoms with Crippen LogP contribution in [-0.4, -0.2) is 16.8 Å². The molecule has 4 rings (SSSR count). The molecule has 0 aromatic heterocycles. The number of rotatable bonds is 5. The lowest BCUT2D eigenvalue weighted by atomic mass is 9.87. The normalized spacial score (nSPS) is 17.6. The molecule has 1 amide bonds. The third-order valence-corrected chi connectivity index (χ3v) is 6.72. The van der Waals surface area contributed by atoms with Crippen LogP contribution in [0, 0.1) is 27.7 Å². The molecule has 1 heterocycles. The predicted octanol–water partition coefficient (Wildman–Crippen LogP) is 5.69. The molecule has 1 atom stereocenters. The van der Waals surface area contributed by atoms with Gasteiger partial charge >= 0.3 is 0 Å². The molecule has 4 nitrogen and oxygen atoms in total. The Bertz CT molecular complexity index is 1250. The summed E-state index contributed by atoms with van der Waals surface area (Å²) in [6.07, 6.45) is -0.303. The van der Waals surface area contributed by atoms with Crippen molar-refractivity contribution in [2.45, 2.75) is 46.3 Å². The first-order chi connectivity index (χ1) is 15.1. The maximum Gasteiger partial charge on any atom is 0.264 e. The lowest BCUT2D eigenvalue weighted by Crippen LogP contribution is -2.41. The van der Waals surface area contributed by atoms with Crippen LogP contribution in [0.3, 0.4) is 0 Å². The molecule has 0 spiro atoms.